The van der Waals surface area contributed by atoms with Crippen LogP contribution in [0.25, 0.3) is 0 Å². The van der Waals surface area contributed by atoms with Crippen LogP contribution in [-0.2, 0) is 0 Å². The third-order valence-corrected chi connectivity index (χ3v) is 3.20. The van der Waals surface area contributed by atoms with Crippen LogP contribution in [0.2, 0.25) is 0 Å². The lowest BCUT2D eigenvalue weighted by Crippen LogP contribution is -2.22. The maximum Gasteiger partial charge on any atom is 0.324 e. The second-order valence-electron chi connectivity index (χ2n) is 4.75. The highest BCUT2D eigenvalue weighted by atomic mass is 16.5. The first-order chi connectivity index (χ1) is 6.74. The smallest absolute Gasteiger partial charge is 0.324 e. The van der Waals surface area contributed by atoms with E-state index in [4.69, 9.17) is 4.52 Å². The summed E-state index contributed by atoms with van der Waals surface area (Å²) < 4.78 is 5.24. The van der Waals surface area contributed by atoms with Crippen molar-refractivity contribution >= 4 is 6.01 Å². The molecular formula is C10H15N3O. The molecule has 0 amide bonds. The van der Waals surface area contributed by atoms with Crippen molar-refractivity contribution in [2.75, 3.05) is 18.0 Å². The Morgan fingerprint density at radius 2 is 2.07 bits per heavy atom. The molecule has 2 aliphatic rings. The standard InChI is InChI=1S/C10H15N3O/c1-6(2)9-11-10(14-12-9)13-4-7-3-8(7)5-13/h6-8H,3-5H2,1-2H3/t7-,8?/m1/s1. The largest absolute Gasteiger partial charge is 0.324 e. The number of fused-ring (bicyclic) bond motifs is 1. The molecule has 1 aliphatic heterocycles. The molecule has 1 aromatic heterocycles. The van der Waals surface area contributed by atoms with Gasteiger partial charge in [-0.3, -0.25) is 0 Å². The van der Waals surface area contributed by atoms with E-state index in [-0.39, 0.29) is 0 Å². The number of hydrogen-bond donors (Lipinski definition) is 0. The molecule has 0 N–H and O–H groups in total. The van der Waals surface area contributed by atoms with E-state index in [9.17, 15) is 0 Å². The van der Waals surface area contributed by atoms with Crippen molar-refractivity contribution in [2.24, 2.45) is 11.8 Å². The zero-order valence-electron chi connectivity index (χ0n) is 8.60. The Bertz CT molecular complexity index is 337. The quantitative estimate of drug-likeness (QED) is 0.716. The second kappa shape index (κ2) is 2.72. The maximum absolute atomic E-state index is 5.24. The first-order valence-corrected chi connectivity index (χ1v) is 5.32. The fourth-order valence-corrected chi connectivity index (χ4v) is 2.14. The summed E-state index contributed by atoms with van der Waals surface area (Å²) >= 11 is 0. The minimum Gasteiger partial charge on any atom is -0.324 e. The van der Waals surface area contributed by atoms with Gasteiger partial charge in [-0.25, -0.2) is 0 Å². The molecule has 0 bridgehead atoms. The highest BCUT2D eigenvalue weighted by Gasteiger charge is 2.46. The van der Waals surface area contributed by atoms with Crippen molar-refractivity contribution in [3.63, 3.8) is 0 Å². The molecule has 76 valence electrons. The van der Waals surface area contributed by atoms with Crippen LogP contribution in [0.1, 0.15) is 32.0 Å². The van der Waals surface area contributed by atoms with Crippen LogP contribution in [0.15, 0.2) is 4.52 Å². The number of anilines is 1. The normalized spacial score (nSPS) is 29.8. The molecule has 3 rings (SSSR count). The lowest BCUT2D eigenvalue weighted by atomic mass is 10.2. The molecule has 2 atom stereocenters. The van der Waals surface area contributed by atoms with E-state index in [1.54, 1.807) is 0 Å². The van der Waals surface area contributed by atoms with Gasteiger partial charge in [-0.2, -0.15) is 4.98 Å². The minimum atomic E-state index is 0.352. The molecule has 1 aliphatic carbocycles. The molecule has 2 fully saturated rings. The molecule has 0 radical (unpaired) electrons. The van der Waals surface area contributed by atoms with Crippen LogP contribution in [0, 0.1) is 11.8 Å². The summed E-state index contributed by atoms with van der Waals surface area (Å²) in [5, 5.41) is 3.97. The van der Waals surface area contributed by atoms with E-state index in [0.717, 1.165) is 36.8 Å². The molecule has 0 spiro atoms. The van der Waals surface area contributed by atoms with Crippen molar-refractivity contribution < 1.29 is 4.52 Å². The molecule has 4 heteroatoms. The van der Waals surface area contributed by atoms with Gasteiger partial charge in [-0.1, -0.05) is 19.0 Å². The predicted octanol–water partition coefficient (Wildman–Crippen LogP) is 1.65. The third kappa shape index (κ3) is 1.21. The molecule has 0 aromatic carbocycles. The number of rotatable bonds is 2. The Kier molecular flexibility index (Phi) is 1.60. The maximum atomic E-state index is 5.24. The van der Waals surface area contributed by atoms with Crippen molar-refractivity contribution in [1.29, 1.82) is 0 Å². The predicted molar refractivity (Wildman–Crippen MR) is 52.2 cm³/mol. The number of piperidine rings is 1. The Morgan fingerprint density at radius 3 is 2.64 bits per heavy atom. The molecular weight excluding hydrogens is 178 g/mol. The molecule has 1 saturated heterocycles. The fraction of sp³-hybridized carbons (Fsp3) is 0.800. The van der Waals surface area contributed by atoms with Crippen LogP contribution in [-0.4, -0.2) is 23.2 Å². The molecule has 1 unspecified atom stereocenters. The van der Waals surface area contributed by atoms with Gasteiger partial charge in [0, 0.05) is 19.0 Å². The lowest BCUT2D eigenvalue weighted by molar-refractivity contribution is 0.405. The molecule has 1 aromatic rings. The molecule has 2 heterocycles. The van der Waals surface area contributed by atoms with Gasteiger partial charge in [0.05, 0.1) is 0 Å². The zero-order valence-corrected chi connectivity index (χ0v) is 8.60. The third-order valence-electron chi connectivity index (χ3n) is 3.20. The zero-order chi connectivity index (χ0) is 9.71. The summed E-state index contributed by atoms with van der Waals surface area (Å²) in [6, 6.07) is 0.723. The number of aromatic nitrogens is 2. The topological polar surface area (TPSA) is 42.2 Å². The highest BCUT2D eigenvalue weighted by molar-refractivity contribution is 5.31. The van der Waals surface area contributed by atoms with Gasteiger partial charge in [0.15, 0.2) is 5.82 Å². The van der Waals surface area contributed by atoms with E-state index in [1.165, 1.54) is 6.42 Å². The molecule has 14 heavy (non-hydrogen) atoms. The molecule has 4 nitrogen and oxygen atoms in total. The van der Waals surface area contributed by atoms with Crippen LogP contribution < -0.4 is 4.90 Å². The monoisotopic (exact) mass is 193 g/mol. The first kappa shape index (κ1) is 8.26. The van der Waals surface area contributed by atoms with E-state index in [1.807, 2.05) is 0 Å². The average molecular weight is 193 g/mol. The SMILES string of the molecule is CC(C)c1noc(N2CC3C[C@@H]3C2)n1. The number of nitrogens with zero attached hydrogens (tertiary/aromatic N) is 3. The average Bonchev–Trinajstić information content (AvgIpc) is 2.69. The van der Waals surface area contributed by atoms with Gasteiger partial charge in [0.1, 0.15) is 0 Å². The lowest BCUT2D eigenvalue weighted by Gasteiger charge is -2.13. The summed E-state index contributed by atoms with van der Waals surface area (Å²) in [6.07, 6.45) is 1.40. The highest BCUT2D eigenvalue weighted by Crippen LogP contribution is 2.45. The first-order valence-electron chi connectivity index (χ1n) is 5.32. The van der Waals surface area contributed by atoms with Crippen molar-refractivity contribution in [2.45, 2.75) is 26.2 Å². The summed E-state index contributed by atoms with van der Waals surface area (Å²) in [6.45, 7) is 6.39. The summed E-state index contributed by atoms with van der Waals surface area (Å²) in [5.41, 5.74) is 0. The van der Waals surface area contributed by atoms with Crippen LogP contribution in [0.5, 0.6) is 0 Å². The van der Waals surface area contributed by atoms with Crippen LogP contribution in [0.3, 0.4) is 0 Å². The van der Waals surface area contributed by atoms with Gasteiger partial charge in [-0.15, -0.1) is 0 Å². The Morgan fingerprint density at radius 1 is 1.36 bits per heavy atom. The van der Waals surface area contributed by atoms with Gasteiger partial charge >= 0.3 is 6.01 Å². The van der Waals surface area contributed by atoms with Gasteiger partial charge in [0.25, 0.3) is 0 Å². The Balaban J connectivity index is 1.76. The Labute approximate surface area is 83.3 Å². The number of hydrogen-bond acceptors (Lipinski definition) is 4. The summed E-state index contributed by atoms with van der Waals surface area (Å²) in [7, 11) is 0. The van der Waals surface area contributed by atoms with E-state index < -0.39 is 0 Å². The van der Waals surface area contributed by atoms with Crippen LogP contribution >= 0.6 is 0 Å². The van der Waals surface area contributed by atoms with E-state index in [0.29, 0.717) is 5.92 Å². The van der Waals surface area contributed by atoms with Crippen molar-refractivity contribution in [3.8, 4) is 0 Å². The Hall–Kier alpha value is -1.06. The summed E-state index contributed by atoms with van der Waals surface area (Å²) in [4.78, 5) is 6.61. The van der Waals surface area contributed by atoms with Crippen LogP contribution in [0.4, 0.5) is 6.01 Å². The minimum absolute atomic E-state index is 0.352. The second-order valence-corrected chi connectivity index (χ2v) is 4.75. The van der Waals surface area contributed by atoms with E-state index >= 15 is 0 Å². The molecule has 1 saturated carbocycles. The van der Waals surface area contributed by atoms with Crippen molar-refractivity contribution in [1.82, 2.24) is 10.1 Å². The van der Waals surface area contributed by atoms with Gasteiger partial charge < -0.3 is 9.42 Å². The van der Waals surface area contributed by atoms with E-state index in [2.05, 4.69) is 28.9 Å². The van der Waals surface area contributed by atoms with Gasteiger partial charge in [0.2, 0.25) is 0 Å². The van der Waals surface area contributed by atoms with Gasteiger partial charge in [-0.05, 0) is 18.3 Å². The summed E-state index contributed by atoms with van der Waals surface area (Å²) in [5.74, 6) is 2.99. The fourth-order valence-electron chi connectivity index (χ4n) is 2.14. The van der Waals surface area contributed by atoms with Crippen molar-refractivity contribution in [3.05, 3.63) is 5.82 Å².